The smallest absolute Gasteiger partial charge is 0.309 e. The van der Waals surface area contributed by atoms with Crippen LogP contribution in [0.3, 0.4) is 0 Å². The maximum Gasteiger partial charge on any atom is 0.309 e. The SMILES string of the molecule is CC1=C(NC(C)Cl)CCC(C(=O)OC(C)(C)C)C1. The quantitative estimate of drug-likeness (QED) is 0.485. The van der Waals surface area contributed by atoms with Gasteiger partial charge in [-0.25, -0.2) is 0 Å². The molecule has 0 amide bonds. The molecule has 0 aromatic rings. The number of ether oxygens (including phenoxy) is 1. The molecule has 1 aliphatic carbocycles. The molecule has 0 saturated carbocycles. The van der Waals surface area contributed by atoms with Crippen molar-refractivity contribution in [3.63, 3.8) is 0 Å². The van der Waals surface area contributed by atoms with E-state index in [1.165, 1.54) is 11.3 Å². The van der Waals surface area contributed by atoms with Gasteiger partial charge in [-0.1, -0.05) is 17.2 Å². The Morgan fingerprint density at radius 2 is 2.11 bits per heavy atom. The number of hydrogen-bond donors (Lipinski definition) is 1. The van der Waals surface area contributed by atoms with Crippen molar-refractivity contribution < 1.29 is 9.53 Å². The first-order valence-electron chi connectivity index (χ1n) is 6.51. The van der Waals surface area contributed by atoms with Crippen molar-refractivity contribution in [2.75, 3.05) is 0 Å². The lowest BCUT2D eigenvalue weighted by Gasteiger charge is -2.28. The van der Waals surface area contributed by atoms with Crippen molar-refractivity contribution in [1.29, 1.82) is 0 Å². The largest absolute Gasteiger partial charge is 0.460 e. The number of alkyl halides is 1. The monoisotopic (exact) mass is 273 g/mol. The van der Waals surface area contributed by atoms with E-state index in [2.05, 4.69) is 12.2 Å². The van der Waals surface area contributed by atoms with E-state index >= 15 is 0 Å². The molecule has 2 atom stereocenters. The van der Waals surface area contributed by atoms with Gasteiger partial charge in [0.2, 0.25) is 0 Å². The molecule has 104 valence electrons. The number of esters is 1. The summed E-state index contributed by atoms with van der Waals surface area (Å²) in [5.41, 5.74) is 1.91. The predicted octanol–water partition coefficient (Wildman–Crippen LogP) is 3.58. The highest BCUT2D eigenvalue weighted by atomic mass is 35.5. The first kappa shape index (κ1) is 15.4. The average molecular weight is 274 g/mol. The van der Waals surface area contributed by atoms with Crippen molar-refractivity contribution in [3.05, 3.63) is 11.3 Å². The van der Waals surface area contributed by atoms with Crippen LogP contribution in [0.4, 0.5) is 0 Å². The fraction of sp³-hybridized carbons (Fsp3) is 0.786. The third-order valence-corrected chi connectivity index (χ3v) is 3.03. The van der Waals surface area contributed by atoms with E-state index in [1.54, 1.807) is 0 Å². The topological polar surface area (TPSA) is 38.3 Å². The van der Waals surface area contributed by atoms with Crippen LogP contribution in [0.25, 0.3) is 0 Å². The van der Waals surface area contributed by atoms with E-state index in [1.807, 2.05) is 27.7 Å². The maximum atomic E-state index is 12.0. The summed E-state index contributed by atoms with van der Waals surface area (Å²) < 4.78 is 5.43. The minimum absolute atomic E-state index is 0.0135. The summed E-state index contributed by atoms with van der Waals surface area (Å²) in [6.07, 6.45) is 2.46. The lowest BCUT2D eigenvalue weighted by atomic mass is 9.87. The lowest BCUT2D eigenvalue weighted by molar-refractivity contribution is -0.160. The minimum Gasteiger partial charge on any atom is -0.460 e. The molecule has 18 heavy (non-hydrogen) atoms. The number of carbonyl (C=O) groups is 1. The van der Waals surface area contributed by atoms with Crippen LogP contribution in [0.15, 0.2) is 11.3 Å². The van der Waals surface area contributed by atoms with Gasteiger partial charge in [0.1, 0.15) is 5.60 Å². The highest BCUT2D eigenvalue weighted by Crippen LogP contribution is 2.30. The molecular weight excluding hydrogens is 250 g/mol. The number of halogens is 1. The second-order valence-electron chi connectivity index (χ2n) is 5.99. The van der Waals surface area contributed by atoms with Crippen LogP contribution in [0, 0.1) is 5.92 Å². The van der Waals surface area contributed by atoms with Gasteiger partial charge < -0.3 is 10.1 Å². The summed E-state index contributed by atoms with van der Waals surface area (Å²) in [6.45, 7) is 9.66. The molecule has 0 radical (unpaired) electrons. The zero-order chi connectivity index (χ0) is 13.9. The summed E-state index contributed by atoms with van der Waals surface area (Å²) in [5, 5.41) is 3.23. The molecule has 1 N–H and O–H groups in total. The summed E-state index contributed by atoms with van der Waals surface area (Å²) in [6, 6.07) is 0. The molecule has 0 fully saturated rings. The van der Waals surface area contributed by atoms with E-state index in [-0.39, 0.29) is 17.4 Å². The van der Waals surface area contributed by atoms with Gasteiger partial charge in [0, 0.05) is 5.70 Å². The Hall–Kier alpha value is -0.700. The molecule has 0 heterocycles. The van der Waals surface area contributed by atoms with Crippen molar-refractivity contribution >= 4 is 17.6 Å². The van der Waals surface area contributed by atoms with Gasteiger partial charge in [-0.05, 0) is 53.9 Å². The highest BCUT2D eigenvalue weighted by molar-refractivity contribution is 6.20. The van der Waals surface area contributed by atoms with E-state index in [4.69, 9.17) is 16.3 Å². The first-order valence-corrected chi connectivity index (χ1v) is 6.95. The minimum atomic E-state index is -0.405. The van der Waals surface area contributed by atoms with Gasteiger partial charge in [0.25, 0.3) is 0 Å². The molecule has 0 spiro atoms. The zero-order valence-corrected chi connectivity index (χ0v) is 12.7. The molecule has 3 nitrogen and oxygen atoms in total. The van der Waals surface area contributed by atoms with Crippen LogP contribution in [0.2, 0.25) is 0 Å². The van der Waals surface area contributed by atoms with Gasteiger partial charge in [-0.2, -0.15) is 0 Å². The third-order valence-electron chi connectivity index (χ3n) is 2.92. The summed E-state index contributed by atoms with van der Waals surface area (Å²) >= 11 is 5.93. The second kappa shape index (κ2) is 5.96. The molecule has 0 aromatic heterocycles. The Kier molecular flexibility index (Phi) is 5.09. The fourth-order valence-electron chi connectivity index (χ4n) is 2.15. The standard InChI is InChI=1S/C14H24ClNO2/c1-9-8-11(13(17)18-14(3,4)5)6-7-12(9)16-10(2)15/h10-11,16H,6-8H2,1-5H3. The van der Waals surface area contributed by atoms with Crippen LogP contribution in [0.1, 0.15) is 53.9 Å². The van der Waals surface area contributed by atoms with Crippen molar-refractivity contribution in [1.82, 2.24) is 5.32 Å². The van der Waals surface area contributed by atoms with Crippen molar-refractivity contribution in [2.45, 2.75) is 65.0 Å². The van der Waals surface area contributed by atoms with E-state index in [9.17, 15) is 4.79 Å². The van der Waals surface area contributed by atoms with Gasteiger partial charge in [-0.15, -0.1) is 0 Å². The van der Waals surface area contributed by atoms with Crippen LogP contribution < -0.4 is 5.32 Å². The summed E-state index contributed by atoms with van der Waals surface area (Å²) in [4.78, 5) is 12.0. The third kappa shape index (κ3) is 4.89. The van der Waals surface area contributed by atoms with Gasteiger partial charge in [0.15, 0.2) is 0 Å². The summed E-state index contributed by atoms with van der Waals surface area (Å²) in [5.74, 6) is -0.0970. The second-order valence-corrected chi connectivity index (χ2v) is 6.65. The Bertz CT molecular complexity index is 342. The molecule has 0 aromatic carbocycles. The Morgan fingerprint density at radius 1 is 1.50 bits per heavy atom. The fourth-order valence-corrected chi connectivity index (χ4v) is 2.28. The number of hydrogen-bond acceptors (Lipinski definition) is 3. The molecule has 0 aliphatic heterocycles. The molecule has 4 heteroatoms. The normalized spacial score (nSPS) is 22.7. The number of carbonyl (C=O) groups excluding carboxylic acids is 1. The Balaban J connectivity index is 2.61. The van der Waals surface area contributed by atoms with E-state index < -0.39 is 5.60 Å². The molecule has 2 unspecified atom stereocenters. The summed E-state index contributed by atoms with van der Waals surface area (Å²) in [7, 11) is 0. The number of allylic oxidation sites excluding steroid dienone is 2. The van der Waals surface area contributed by atoms with Gasteiger partial charge >= 0.3 is 5.97 Å². The Labute approximate surface area is 115 Å². The molecule has 1 aliphatic rings. The lowest BCUT2D eigenvalue weighted by Crippen LogP contribution is -2.32. The molecule has 0 saturated heterocycles. The molecule has 1 rings (SSSR count). The van der Waals surface area contributed by atoms with Gasteiger partial charge in [0.05, 0.1) is 11.4 Å². The van der Waals surface area contributed by atoms with Crippen LogP contribution in [-0.4, -0.2) is 17.1 Å². The zero-order valence-electron chi connectivity index (χ0n) is 12.0. The van der Waals surface area contributed by atoms with Crippen LogP contribution in [0.5, 0.6) is 0 Å². The highest BCUT2D eigenvalue weighted by Gasteiger charge is 2.29. The predicted molar refractivity (Wildman–Crippen MR) is 74.3 cm³/mol. The number of nitrogens with one attached hydrogen (secondary N) is 1. The first-order chi connectivity index (χ1) is 8.19. The van der Waals surface area contributed by atoms with Crippen molar-refractivity contribution in [2.24, 2.45) is 5.92 Å². The Morgan fingerprint density at radius 3 is 2.56 bits per heavy atom. The van der Waals surface area contributed by atoms with Crippen molar-refractivity contribution in [3.8, 4) is 0 Å². The average Bonchev–Trinajstić information content (AvgIpc) is 2.17. The molecule has 0 bridgehead atoms. The van der Waals surface area contributed by atoms with Gasteiger partial charge in [-0.3, -0.25) is 4.79 Å². The van der Waals surface area contributed by atoms with E-state index in [0.717, 1.165) is 19.3 Å². The number of rotatable bonds is 3. The maximum absolute atomic E-state index is 12.0. The van der Waals surface area contributed by atoms with Crippen LogP contribution in [-0.2, 0) is 9.53 Å². The van der Waals surface area contributed by atoms with Crippen LogP contribution >= 0.6 is 11.6 Å². The van der Waals surface area contributed by atoms with E-state index in [0.29, 0.717) is 0 Å². The molecular formula is C14H24ClNO2.